The highest BCUT2D eigenvalue weighted by molar-refractivity contribution is 4.90. The number of hydrogen-bond acceptors (Lipinski definition) is 0. The Morgan fingerprint density at radius 3 is 2.33 bits per heavy atom. The maximum atomic E-state index is 2.50. The highest BCUT2D eigenvalue weighted by Gasteiger charge is 2.39. The van der Waals surface area contributed by atoms with Gasteiger partial charge in [-0.25, -0.2) is 0 Å². The monoisotopic (exact) mass is 166 g/mol. The summed E-state index contributed by atoms with van der Waals surface area (Å²) in [7, 11) is 0. The van der Waals surface area contributed by atoms with Gasteiger partial charge in [0.1, 0.15) is 0 Å². The van der Waals surface area contributed by atoms with Crippen LogP contribution in [0.5, 0.6) is 0 Å². The molecule has 2 rings (SSSR count). The van der Waals surface area contributed by atoms with Crippen LogP contribution in [-0.4, -0.2) is 0 Å². The number of rotatable bonds is 0. The normalized spacial score (nSPS) is 40.5. The second-order valence-corrected chi connectivity index (χ2v) is 5.53. The molecule has 0 heterocycles. The van der Waals surface area contributed by atoms with E-state index in [4.69, 9.17) is 0 Å². The molecule has 2 unspecified atom stereocenters. The summed E-state index contributed by atoms with van der Waals surface area (Å²) in [4.78, 5) is 0. The van der Waals surface area contributed by atoms with Gasteiger partial charge in [0.05, 0.1) is 0 Å². The lowest BCUT2D eigenvalue weighted by molar-refractivity contribution is 0.0404. The molecule has 0 amide bonds. The smallest absolute Gasteiger partial charge is 0.0323 e. The Bertz CT molecular complexity index is 155. The lowest BCUT2D eigenvalue weighted by Crippen LogP contribution is -2.36. The minimum Gasteiger partial charge on any atom is -0.0596 e. The van der Waals surface area contributed by atoms with Gasteiger partial charge in [0.15, 0.2) is 0 Å². The van der Waals surface area contributed by atoms with Crippen molar-refractivity contribution in [1.82, 2.24) is 0 Å². The second kappa shape index (κ2) is 3.05. The van der Waals surface area contributed by atoms with E-state index in [0.29, 0.717) is 5.41 Å². The zero-order valence-corrected chi connectivity index (χ0v) is 8.60. The topological polar surface area (TPSA) is 0 Å². The molecule has 0 aliphatic heterocycles. The van der Waals surface area contributed by atoms with E-state index in [9.17, 15) is 0 Å². The van der Waals surface area contributed by atoms with Crippen molar-refractivity contribution in [2.24, 2.45) is 17.3 Å². The fourth-order valence-corrected chi connectivity index (χ4v) is 3.59. The molecular formula is C12H22. The van der Waals surface area contributed by atoms with E-state index in [1.165, 1.54) is 44.9 Å². The summed E-state index contributed by atoms with van der Waals surface area (Å²) < 4.78 is 0. The molecule has 0 aromatic carbocycles. The van der Waals surface area contributed by atoms with Crippen LogP contribution in [0.4, 0.5) is 0 Å². The number of hydrogen-bond donors (Lipinski definition) is 0. The van der Waals surface area contributed by atoms with Gasteiger partial charge in [-0.15, -0.1) is 0 Å². The summed E-state index contributed by atoms with van der Waals surface area (Å²) in [5.41, 5.74) is 0.670. The van der Waals surface area contributed by atoms with Gasteiger partial charge in [-0.1, -0.05) is 46.0 Å². The highest BCUT2D eigenvalue weighted by atomic mass is 14.4. The molecule has 2 atom stereocenters. The third-order valence-corrected chi connectivity index (χ3v) is 4.31. The Labute approximate surface area is 76.7 Å². The van der Waals surface area contributed by atoms with Crippen molar-refractivity contribution >= 4 is 0 Å². The van der Waals surface area contributed by atoms with Crippen LogP contribution in [0, 0.1) is 17.3 Å². The molecule has 0 bridgehead atoms. The predicted molar refractivity (Wildman–Crippen MR) is 53.1 cm³/mol. The first-order chi connectivity index (χ1) is 5.70. The average molecular weight is 166 g/mol. The highest BCUT2D eigenvalue weighted by Crippen LogP contribution is 2.50. The van der Waals surface area contributed by atoms with Gasteiger partial charge in [0.25, 0.3) is 0 Å². The van der Waals surface area contributed by atoms with Crippen LogP contribution in [-0.2, 0) is 0 Å². The second-order valence-electron chi connectivity index (χ2n) is 5.53. The van der Waals surface area contributed by atoms with Crippen molar-refractivity contribution in [3.63, 3.8) is 0 Å². The van der Waals surface area contributed by atoms with Gasteiger partial charge in [-0.3, -0.25) is 0 Å². The van der Waals surface area contributed by atoms with Crippen LogP contribution >= 0.6 is 0 Å². The molecule has 0 aromatic heterocycles. The third kappa shape index (κ3) is 1.41. The van der Waals surface area contributed by atoms with Gasteiger partial charge >= 0.3 is 0 Å². The molecule has 0 N–H and O–H groups in total. The fraction of sp³-hybridized carbons (Fsp3) is 1.00. The molecule has 2 saturated carbocycles. The molecule has 0 aromatic rings. The van der Waals surface area contributed by atoms with Crippen LogP contribution in [0.15, 0.2) is 0 Å². The zero-order valence-electron chi connectivity index (χ0n) is 8.60. The van der Waals surface area contributed by atoms with E-state index >= 15 is 0 Å². The number of fused-ring (bicyclic) bond motifs is 1. The molecular weight excluding hydrogens is 144 g/mol. The summed E-state index contributed by atoms with van der Waals surface area (Å²) >= 11 is 0. The molecule has 12 heavy (non-hydrogen) atoms. The minimum atomic E-state index is 0.670. The maximum absolute atomic E-state index is 2.50. The van der Waals surface area contributed by atoms with Crippen molar-refractivity contribution < 1.29 is 0 Å². The summed E-state index contributed by atoms with van der Waals surface area (Å²) in [5.74, 6) is 2.17. The summed E-state index contributed by atoms with van der Waals surface area (Å²) in [6, 6.07) is 0. The summed E-state index contributed by atoms with van der Waals surface area (Å²) in [5, 5.41) is 0. The van der Waals surface area contributed by atoms with Crippen LogP contribution < -0.4 is 0 Å². The standard InChI is InChI=1S/C12H22/c1-12(2)9-5-7-10-6-3-4-8-11(10)12/h10-11H,3-9H2,1-2H3. The van der Waals surface area contributed by atoms with Crippen molar-refractivity contribution in [2.75, 3.05) is 0 Å². The van der Waals surface area contributed by atoms with Gasteiger partial charge in [-0.05, 0) is 30.1 Å². The SMILES string of the molecule is CC1(C)CCCC2CCCCC21. The molecule has 0 radical (unpaired) electrons. The molecule has 2 aliphatic rings. The van der Waals surface area contributed by atoms with Gasteiger partial charge in [-0.2, -0.15) is 0 Å². The van der Waals surface area contributed by atoms with E-state index < -0.39 is 0 Å². The van der Waals surface area contributed by atoms with E-state index in [2.05, 4.69) is 13.8 Å². The predicted octanol–water partition coefficient (Wildman–Crippen LogP) is 4.00. The molecule has 0 nitrogen and oxygen atoms in total. The molecule has 0 saturated heterocycles. The quantitative estimate of drug-likeness (QED) is 0.510. The fourth-order valence-electron chi connectivity index (χ4n) is 3.59. The lowest BCUT2D eigenvalue weighted by atomic mass is 9.59. The Morgan fingerprint density at radius 1 is 0.917 bits per heavy atom. The average Bonchev–Trinajstić information content (AvgIpc) is 2.04. The van der Waals surface area contributed by atoms with Crippen molar-refractivity contribution in [1.29, 1.82) is 0 Å². The Hall–Kier alpha value is 0. The summed E-state index contributed by atoms with van der Waals surface area (Å²) in [6.07, 6.45) is 10.6. The van der Waals surface area contributed by atoms with Gasteiger partial charge in [0.2, 0.25) is 0 Å². The largest absolute Gasteiger partial charge is 0.0596 e. The van der Waals surface area contributed by atoms with Crippen molar-refractivity contribution in [2.45, 2.75) is 58.8 Å². The van der Waals surface area contributed by atoms with Crippen molar-refractivity contribution in [3.05, 3.63) is 0 Å². The van der Waals surface area contributed by atoms with Gasteiger partial charge < -0.3 is 0 Å². The first-order valence-corrected chi connectivity index (χ1v) is 5.70. The Morgan fingerprint density at radius 2 is 1.58 bits per heavy atom. The first-order valence-electron chi connectivity index (χ1n) is 5.70. The lowest BCUT2D eigenvalue weighted by Gasteiger charge is -2.46. The van der Waals surface area contributed by atoms with Crippen LogP contribution in [0.2, 0.25) is 0 Å². The zero-order chi connectivity index (χ0) is 8.60. The van der Waals surface area contributed by atoms with E-state index in [-0.39, 0.29) is 0 Å². The Kier molecular flexibility index (Phi) is 2.18. The minimum absolute atomic E-state index is 0.670. The van der Waals surface area contributed by atoms with Crippen LogP contribution in [0.3, 0.4) is 0 Å². The first kappa shape index (κ1) is 8.59. The third-order valence-electron chi connectivity index (χ3n) is 4.31. The molecule has 2 fully saturated rings. The molecule has 2 aliphatic carbocycles. The van der Waals surface area contributed by atoms with Crippen LogP contribution in [0.25, 0.3) is 0 Å². The Balaban J connectivity index is 2.09. The maximum Gasteiger partial charge on any atom is -0.0323 e. The van der Waals surface area contributed by atoms with Crippen LogP contribution in [0.1, 0.15) is 58.8 Å². The molecule has 70 valence electrons. The molecule has 0 spiro atoms. The van der Waals surface area contributed by atoms with E-state index in [1.54, 1.807) is 0 Å². The molecule has 0 heteroatoms. The van der Waals surface area contributed by atoms with Crippen molar-refractivity contribution in [3.8, 4) is 0 Å². The van der Waals surface area contributed by atoms with Gasteiger partial charge in [0, 0.05) is 0 Å². The van der Waals surface area contributed by atoms with E-state index in [1.807, 2.05) is 0 Å². The summed E-state index contributed by atoms with van der Waals surface area (Å²) in [6.45, 7) is 4.99. The van der Waals surface area contributed by atoms with E-state index in [0.717, 1.165) is 11.8 Å².